The Kier molecular flexibility index (Phi) is 5.96. The minimum Gasteiger partial charge on any atom is -0.482 e. The molecule has 3 heterocycles. The van der Waals surface area contributed by atoms with Gasteiger partial charge in [0.05, 0.1) is 5.69 Å². The molecule has 0 saturated carbocycles. The lowest BCUT2D eigenvalue weighted by molar-refractivity contribution is -0.121. The number of rotatable bonds is 7. The van der Waals surface area contributed by atoms with Gasteiger partial charge in [0.15, 0.2) is 6.61 Å². The monoisotopic (exact) mass is 384 g/mol. The van der Waals surface area contributed by atoms with Gasteiger partial charge in [-0.15, -0.1) is 0 Å². The summed E-state index contributed by atoms with van der Waals surface area (Å²) in [7, 11) is 0. The van der Waals surface area contributed by atoms with Crippen LogP contribution in [-0.2, 0) is 4.79 Å². The summed E-state index contributed by atoms with van der Waals surface area (Å²) >= 11 is 0. The van der Waals surface area contributed by atoms with Crippen molar-refractivity contribution in [3.63, 3.8) is 0 Å². The molecular weight excluding hydrogens is 348 g/mol. The highest BCUT2D eigenvalue weighted by Gasteiger charge is 2.42. The van der Waals surface area contributed by atoms with Crippen LogP contribution in [0.4, 0.5) is 5.69 Å². The first-order chi connectivity index (χ1) is 13.6. The van der Waals surface area contributed by atoms with Crippen molar-refractivity contribution in [3.05, 3.63) is 24.3 Å². The highest BCUT2D eigenvalue weighted by atomic mass is 16.5. The van der Waals surface area contributed by atoms with Crippen molar-refractivity contribution in [2.75, 3.05) is 24.6 Å². The van der Waals surface area contributed by atoms with Gasteiger partial charge in [-0.05, 0) is 55.6 Å². The minimum absolute atomic E-state index is 0.0842. The Labute approximate surface area is 170 Å². The molecule has 1 aromatic rings. The molecule has 1 aromatic carbocycles. The smallest absolute Gasteiger partial charge is 0.265 e. The average Bonchev–Trinajstić information content (AvgIpc) is 2.93. The first kappa shape index (κ1) is 19.8. The zero-order valence-corrected chi connectivity index (χ0v) is 17.8. The van der Waals surface area contributed by atoms with Crippen LogP contribution in [0.2, 0.25) is 0 Å². The second-order valence-corrected chi connectivity index (χ2v) is 9.26. The molecular formula is C24H36N2O2. The van der Waals surface area contributed by atoms with Crippen molar-refractivity contribution in [1.82, 2.24) is 4.90 Å². The first-order valence-corrected chi connectivity index (χ1v) is 11.4. The number of fused-ring (bicyclic) bond motifs is 3. The predicted molar refractivity (Wildman–Crippen MR) is 114 cm³/mol. The van der Waals surface area contributed by atoms with Crippen molar-refractivity contribution < 1.29 is 9.53 Å². The van der Waals surface area contributed by atoms with E-state index in [0.29, 0.717) is 5.92 Å². The standard InChI is InChI=1S/C24H36N2O2/c1-4-18(5-2)19-12-20-10-11-21(13-19)25(20)14-17(3)15-26-22-8-6-7-9-23(22)28-16-24(26)27/h6-9,17-21H,4-5,10-16H2,1-3H3. The third kappa shape index (κ3) is 3.80. The lowest BCUT2D eigenvalue weighted by atomic mass is 9.78. The van der Waals surface area contributed by atoms with Crippen LogP contribution < -0.4 is 9.64 Å². The molecule has 154 valence electrons. The van der Waals surface area contributed by atoms with Crippen LogP contribution in [0, 0.1) is 17.8 Å². The van der Waals surface area contributed by atoms with E-state index in [0.717, 1.165) is 48.4 Å². The second-order valence-electron chi connectivity index (χ2n) is 9.26. The van der Waals surface area contributed by atoms with E-state index < -0.39 is 0 Å². The zero-order chi connectivity index (χ0) is 19.7. The number of hydrogen-bond donors (Lipinski definition) is 0. The molecule has 2 fully saturated rings. The van der Waals surface area contributed by atoms with Crippen molar-refractivity contribution >= 4 is 11.6 Å². The van der Waals surface area contributed by atoms with Gasteiger partial charge in [-0.25, -0.2) is 0 Å². The number of amides is 1. The summed E-state index contributed by atoms with van der Waals surface area (Å²) in [5, 5.41) is 0. The SMILES string of the molecule is CCC(CC)C1CC2CCC(C1)N2CC(C)CN1C(=O)COc2ccccc21. The van der Waals surface area contributed by atoms with E-state index >= 15 is 0 Å². The summed E-state index contributed by atoms with van der Waals surface area (Å²) in [6, 6.07) is 9.45. The first-order valence-electron chi connectivity index (χ1n) is 11.4. The summed E-state index contributed by atoms with van der Waals surface area (Å²) in [5.74, 6) is 3.21. The van der Waals surface area contributed by atoms with Crippen LogP contribution in [0.15, 0.2) is 24.3 Å². The fourth-order valence-electron chi connectivity index (χ4n) is 6.04. The Morgan fingerprint density at radius 3 is 2.43 bits per heavy atom. The molecule has 3 unspecified atom stereocenters. The van der Waals surface area contributed by atoms with Gasteiger partial charge in [0.25, 0.3) is 5.91 Å². The van der Waals surface area contributed by atoms with E-state index in [2.05, 4.69) is 25.7 Å². The number of ether oxygens (including phenoxy) is 1. The van der Waals surface area contributed by atoms with E-state index in [9.17, 15) is 4.79 Å². The van der Waals surface area contributed by atoms with Crippen LogP contribution in [0.25, 0.3) is 0 Å². The van der Waals surface area contributed by atoms with E-state index in [-0.39, 0.29) is 12.5 Å². The van der Waals surface area contributed by atoms with E-state index in [4.69, 9.17) is 4.74 Å². The number of para-hydroxylation sites is 2. The molecule has 4 heteroatoms. The molecule has 3 aliphatic heterocycles. The molecule has 0 aliphatic carbocycles. The van der Waals surface area contributed by atoms with Gasteiger partial charge in [0.2, 0.25) is 0 Å². The molecule has 4 rings (SSSR count). The van der Waals surface area contributed by atoms with E-state index in [1.807, 2.05) is 29.2 Å². The van der Waals surface area contributed by atoms with Gasteiger partial charge >= 0.3 is 0 Å². The van der Waals surface area contributed by atoms with Gasteiger partial charge < -0.3 is 9.64 Å². The number of benzene rings is 1. The maximum Gasteiger partial charge on any atom is 0.265 e. The van der Waals surface area contributed by atoms with Gasteiger partial charge in [-0.1, -0.05) is 45.7 Å². The van der Waals surface area contributed by atoms with E-state index in [1.165, 1.54) is 38.5 Å². The Bertz CT molecular complexity index is 673. The van der Waals surface area contributed by atoms with Crippen molar-refractivity contribution in [3.8, 4) is 5.75 Å². The quantitative estimate of drug-likeness (QED) is 0.681. The van der Waals surface area contributed by atoms with Crippen LogP contribution in [0.3, 0.4) is 0 Å². The molecule has 2 bridgehead atoms. The Hall–Kier alpha value is -1.55. The fourth-order valence-corrected chi connectivity index (χ4v) is 6.04. The number of anilines is 1. The molecule has 0 spiro atoms. The van der Waals surface area contributed by atoms with Crippen LogP contribution in [0.5, 0.6) is 5.75 Å². The number of nitrogens with zero attached hydrogens (tertiary/aromatic N) is 2. The van der Waals surface area contributed by atoms with Crippen LogP contribution >= 0.6 is 0 Å². The normalized spacial score (nSPS) is 28.4. The van der Waals surface area contributed by atoms with Crippen LogP contribution in [0.1, 0.15) is 59.3 Å². The molecule has 0 radical (unpaired) electrons. The molecule has 0 N–H and O–H groups in total. The maximum absolute atomic E-state index is 12.5. The number of hydrogen-bond acceptors (Lipinski definition) is 3. The summed E-state index contributed by atoms with van der Waals surface area (Å²) in [6.07, 6.45) is 8.16. The molecule has 28 heavy (non-hydrogen) atoms. The van der Waals surface area contributed by atoms with Gasteiger partial charge in [-0.3, -0.25) is 9.69 Å². The Balaban J connectivity index is 1.39. The molecule has 3 aliphatic rings. The minimum atomic E-state index is 0.0842. The summed E-state index contributed by atoms with van der Waals surface area (Å²) in [4.78, 5) is 17.2. The Morgan fingerprint density at radius 1 is 1.07 bits per heavy atom. The van der Waals surface area contributed by atoms with Crippen LogP contribution in [-0.4, -0.2) is 42.6 Å². The zero-order valence-electron chi connectivity index (χ0n) is 17.8. The highest BCUT2D eigenvalue weighted by Crippen LogP contribution is 2.43. The molecule has 3 atom stereocenters. The molecule has 4 nitrogen and oxygen atoms in total. The summed E-state index contributed by atoms with van der Waals surface area (Å²) in [6.45, 7) is 9.08. The molecule has 2 saturated heterocycles. The van der Waals surface area contributed by atoms with Crippen molar-refractivity contribution in [1.29, 1.82) is 0 Å². The lowest BCUT2D eigenvalue weighted by Crippen LogP contribution is -2.48. The third-order valence-electron chi connectivity index (χ3n) is 7.46. The highest BCUT2D eigenvalue weighted by molar-refractivity contribution is 5.97. The van der Waals surface area contributed by atoms with Gasteiger partial charge in [-0.2, -0.15) is 0 Å². The van der Waals surface area contributed by atoms with Crippen molar-refractivity contribution in [2.24, 2.45) is 17.8 Å². The predicted octanol–water partition coefficient (Wildman–Crippen LogP) is 4.73. The maximum atomic E-state index is 12.5. The number of carbonyl (C=O) groups excluding carboxylic acids is 1. The Morgan fingerprint density at radius 2 is 1.75 bits per heavy atom. The fraction of sp³-hybridized carbons (Fsp3) is 0.708. The topological polar surface area (TPSA) is 32.8 Å². The average molecular weight is 385 g/mol. The third-order valence-corrected chi connectivity index (χ3v) is 7.46. The second kappa shape index (κ2) is 8.44. The van der Waals surface area contributed by atoms with Crippen molar-refractivity contribution in [2.45, 2.75) is 71.4 Å². The lowest BCUT2D eigenvalue weighted by Gasteiger charge is -2.43. The number of carbonyl (C=O) groups is 1. The largest absolute Gasteiger partial charge is 0.482 e. The molecule has 0 aromatic heterocycles. The van der Waals surface area contributed by atoms with Gasteiger partial charge in [0, 0.05) is 25.2 Å². The molecule has 1 amide bonds. The van der Waals surface area contributed by atoms with Gasteiger partial charge in [0.1, 0.15) is 5.75 Å². The van der Waals surface area contributed by atoms with E-state index in [1.54, 1.807) is 0 Å². The summed E-state index contributed by atoms with van der Waals surface area (Å²) < 4.78 is 5.60. The summed E-state index contributed by atoms with van der Waals surface area (Å²) in [5.41, 5.74) is 0.931. The number of piperidine rings is 1.